The lowest BCUT2D eigenvalue weighted by Crippen LogP contribution is -2.52. The molecule has 41 heavy (non-hydrogen) atoms. The summed E-state index contributed by atoms with van der Waals surface area (Å²) in [5, 5.41) is 3.09. The Morgan fingerprint density at radius 2 is 1.66 bits per heavy atom. The van der Waals surface area contributed by atoms with Crippen LogP contribution in [0.5, 0.6) is 5.75 Å². The standard InChI is InChI=1S/C32H39N3O5S/c1-4-40-29-17-19-30(20-18-29)41(38,39)35(28-15-6-5-7-16-28)23-31(36)34(22-26-12-10-11-24(2)21-26)25(3)32(37)33-27-13-8-9-14-27/h5-7,10-12,15-21,25,27H,4,8-9,13-14,22-23H2,1-3H3,(H,33,37)/t25-/m1/s1. The van der Waals surface area contributed by atoms with Gasteiger partial charge in [0.15, 0.2) is 0 Å². The average molecular weight is 578 g/mol. The molecule has 3 aromatic carbocycles. The summed E-state index contributed by atoms with van der Waals surface area (Å²) in [6, 6.07) is 21.7. The van der Waals surface area contributed by atoms with Gasteiger partial charge >= 0.3 is 0 Å². The molecule has 1 N–H and O–H groups in total. The van der Waals surface area contributed by atoms with Crippen LogP contribution in [-0.2, 0) is 26.2 Å². The van der Waals surface area contributed by atoms with E-state index in [-0.39, 0.29) is 23.4 Å². The van der Waals surface area contributed by atoms with Crippen molar-refractivity contribution in [1.82, 2.24) is 10.2 Å². The van der Waals surface area contributed by atoms with Gasteiger partial charge in [0, 0.05) is 12.6 Å². The van der Waals surface area contributed by atoms with Crippen LogP contribution >= 0.6 is 0 Å². The van der Waals surface area contributed by atoms with Crippen LogP contribution in [0.15, 0.2) is 83.8 Å². The lowest BCUT2D eigenvalue weighted by molar-refractivity contribution is -0.139. The van der Waals surface area contributed by atoms with Crippen LogP contribution in [0.25, 0.3) is 0 Å². The molecule has 0 spiro atoms. The summed E-state index contributed by atoms with van der Waals surface area (Å²) in [6.45, 7) is 5.68. The van der Waals surface area contributed by atoms with Crippen molar-refractivity contribution in [3.63, 3.8) is 0 Å². The van der Waals surface area contributed by atoms with Crippen molar-refractivity contribution in [3.8, 4) is 5.75 Å². The molecule has 0 aromatic heterocycles. The molecule has 2 amide bonds. The Morgan fingerprint density at radius 1 is 0.976 bits per heavy atom. The number of aryl methyl sites for hydroxylation is 1. The van der Waals surface area contributed by atoms with E-state index in [9.17, 15) is 18.0 Å². The van der Waals surface area contributed by atoms with Crippen LogP contribution in [0, 0.1) is 6.92 Å². The molecule has 218 valence electrons. The summed E-state index contributed by atoms with van der Waals surface area (Å²) < 4.78 is 34.4. The molecule has 1 aliphatic carbocycles. The van der Waals surface area contributed by atoms with E-state index in [2.05, 4.69) is 5.32 Å². The van der Waals surface area contributed by atoms with Crippen LogP contribution in [-0.4, -0.2) is 50.4 Å². The molecule has 0 radical (unpaired) electrons. The number of nitrogens with zero attached hydrogens (tertiary/aromatic N) is 2. The maximum absolute atomic E-state index is 14.0. The number of hydrogen-bond donors (Lipinski definition) is 1. The lowest BCUT2D eigenvalue weighted by atomic mass is 10.1. The number of sulfonamides is 1. The highest BCUT2D eigenvalue weighted by atomic mass is 32.2. The van der Waals surface area contributed by atoms with E-state index in [1.54, 1.807) is 49.4 Å². The van der Waals surface area contributed by atoms with Crippen molar-refractivity contribution in [2.75, 3.05) is 17.5 Å². The average Bonchev–Trinajstić information content (AvgIpc) is 3.48. The number of anilines is 1. The Balaban J connectivity index is 1.66. The number of rotatable bonds is 12. The van der Waals surface area contributed by atoms with E-state index < -0.39 is 28.5 Å². The highest BCUT2D eigenvalue weighted by Gasteiger charge is 2.33. The number of nitrogens with one attached hydrogen (secondary N) is 1. The van der Waals surface area contributed by atoms with Gasteiger partial charge < -0.3 is 15.0 Å². The summed E-state index contributed by atoms with van der Waals surface area (Å²) in [5.41, 5.74) is 2.25. The first-order valence-electron chi connectivity index (χ1n) is 14.1. The van der Waals surface area contributed by atoms with Crippen LogP contribution in [0.1, 0.15) is 50.7 Å². The number of para-hydroxylation sites is 1. The van der Waals surface area contributed by atoms with Crippen LogP contribution in [0.2, 0.25) is 0 Å². The third-order valence-corrected chi connectivity index (χ3v) is 9.14. The molecule has 0 unspecified atom stereocenters. The number of benzene rings is 3. The highest BCUT2D eigenvalue weighted by Crippen LogP contribution is 2.26. The van der Waals surface area contributed by atoms with Crippen LogP contribution in [0.3, 0.4) is 0 Å². The van der Waals surface area contributed by atoms with Gasteiger partial charge in [-0.1, -0.05) is 60.9 Å². The zero-order valence-electron chi connectivity index (χ0n) is 24.0. The summed E-state index contributed by atoms with van der Waals surface area (Å²) in [7, 11) is -4.13. The molecule has 1 saturated carbocycles. The molecule has 1 fully saturated rings. The molecule has 4 rings (SSSR count). The fourth-order valence-electron chi connectivity index (χ4n) is 5.11. The zero-order chi connectivity index (χ0) is 29.4. The SMILES string of the molecule is CCOc1ccc(S(=O)(=O)N(CC(=O)N(Cc2cccc(C)c2)[C@H](C)C(=O)NC2CCCC2)c2ccccc2)cc1. The Kier molecular flexibility index (Phi) is 10.0. The van der Waals surface area contributed by atoms with Gasteiger partial charge in [-0.05, 0) is 75.6 Å². The monoisotopic (exact) mass is 577 g/mol. The van der Waals surface area contributed by atoms with E-state index in [1.165, 1.54) is 17.0 Å². The van der Waals surface area contributed by atoms with Gasteiger partial charge in [-0.25, -0.2) is 8.42 Å². The van der Waals surface area contributed by atoms with Crippen molar-refractivity contribution in [1.29, 1.82) is 0 Å². The van der Waals surface area contributed by atoms with E-state index in [4.69, 9.17) is 4.74 Å². The van der Waals surface area contributed by atoms with Gasteiger partial charge in [-0.2, -0.15) is 0 Å². The van der Waals surface area contributed by atoms with Gasteiger partial charge in [0.1, 0.15) is 18.3 Å². The van der Waals surface area contributed by atoms with Gasteiger partial charge in [0.25, 0.3) is 10.0 Å². The first kappa shape index (κ1) is 30.1. The minimum absolute atomic E-state index is 0.0369. The maximum atomic E-state index is 14.0. The predicted molar refractivity (Wildman–Crippen MR) is 160 cm³/mol. The minimum atomic E-state index is -4.13. The second-order valence-electron chi connectivity index (χ2n) is 10.4. The third kappa shape index (κ3) is 7.67. The molecule has 0 bridgehead atoms. The molecule has 9 heteroatoms. The van der Waals surface area contributed by atoms with E-state index in [0.717, 1.165) is 41.1 Å². The Bertz CT molecular complexity index is 1420. The fraction of sp³-hybridized carbons (Fsp3) is 0.375. The minimum Gasteiger partial charge on any atom is -0.494 e. The lowest BCUT2D eigenvalue weighted by Gasteiger charge is -2.32. The second kappa shape index (κ2) is 13.7. The molecule has 3 aromatic rings. The Labute approximate surface area is 243 Å². The largest absolute Gasteiger partial charge is 0.494 e. The first-order valence-corrected chi connectivity index (χ1v) is 15.6. The highest BCUT2D eigenvalue weighted by molar-refractivity contribution is 7.92. The number of amides is 2. The summed E-state index contributed by atoms with van der Waals surface area (Å²) in [5.74, 6) is -0.155. The van der Waals surface area contributed by atoms with Crippen molar-refractivity contribution in [2.45, 2.75) is 70.0 Å². The normalized spacial score (nSPS) is 14.3. The van der Waals surface area contributed by atoms with Gasteiger partial charge in [-0.15, -0.1) is 0 Å². The zero-order valence-corrected chi connectivity index (χ0v) is 24.8. The van der Waals surface area contributed by atoms with E-state index in [1.807, 2.05) is 38.1 Å². The number of carbonyl (C=O) groups excluding carboxylic acids is 2. The van der Waals surface area contributed by atoms with Gasteiger partial charge in [0.2, 0.25) is 11.8 Å². The smallest absolute Gasteiger partial charge is 0.264 e. The van der Waals surface area contributed by atoms with Crippen molar-refractivity contribution in [3.05, 3.63) is 90.0 Å². The van der Waals surface area contributed by atoms with Crippen molar-refractivity contribution >= 4 is 27.5 Å². The fourth-order valence-corrected chi connectivity index (χ4v) is 6.52. The Hall–Kier alpha value is -3.85. The van der Waals surface area contributed by atoms with Crippen LogP contribution < -0.4 is 14.4 Å². The summed E-state index contributed by atoms with van der Waals surface area (Å²) in [4.78, 5) is 28.9. The van der Waals surface area contributed by atoms with E-state index in [0.29, 0.717) is 18.0 Å². The summed E-state index contributed by atoms with van der Waals surface area (Å²) >= 11 is 0. The van der Waals surface area contributed by atoms with Crippen molar-refractivity contribution < 1.29 is 22.7 Å². The Morgan fingerprint density at radius 3 is 2.29 bits per heavy atom. The second-order valence-corrected chi connectivity index (χ2v) is 12.3. The quantitative estimate of drug-likeness (QED) is 0.325. The van der Waals surface area contributed by atoms with E-state index >= 15 is 0 Å². The molecular formula is C32H39N3O5S. The van der Waals surface area contributed by atoms with Crippen LogP contribution in [0.4, 0.5) is 5.69 Å². The maximum Gasteiger partial charge on any atom is 0.264 e. The number of carbonyl (C=O) groups is 2. The van der Waals surface area contributed by atoms with Crippen molar-refractivity contribution in [2.24, 2.45) is 0 Å². The molecular weight excluding hydrogens is 538 g/mol. The molecule has 8 nitrogen and oxygen atoms in total. The summed E-state index contributed by atoms with van der Waals surface area (Å²) in [6.07, 6.45) is 3.99. The molecule has 0 saturated heterocycles. The number of ether oxygens (including phenoxy) is 1. The predicted octanol–water partition coefficient (Wildman–Crippen LogP) is 5.07. The number of hydrogen-bond acceptors (Lipinski definition) is 5. The molecule has 0 heterocycles. The first-order chi connectivity index (χ1) is 19.7. The molecule has 0 aliphatic heterocycles. The topological polar surface area (TPSA) is 96.0 Å². The van der Waals surface area contributed by atoms with Gasteiger partial charge in [0.05, 0.1) is 17.2 Å². The molecule has 1 aliphatic rings. The molecule has 1 atom stereocenters. The third-order valence-electron chi connectivity index (χ3n) is 7.35. The van der Waals surface area contributed by atoms with Gasteiger partial charge in [-0.3, -0.25) is 13.9 Å².